The van der Waals surface area contributed by atoms with E-state index in [9.17, 15) is 18.0 Å². The highest BCUT2D eigenvalue weighted by Crippen LogP contribution is 2.36. The van der Waals surface area contributed by atoms with E-state index in [2.05, 4.69) is 25.0 Å². The number of aromatic amines is 1. The van der Waals surface area contributed by atoms with E-state index in [1.54, 1.807) is 4.90 Å². The Hall–Kier alpha value is -2.73. The van der Waals surface area contributed by atoms with Crippen LogP contribution in [0.4, 0.5) is 19.0 Å². The van der Waals surface area contributed by atoms with Gasteiger partial charge in [-0.2, -0.15) is 18.3 Å². The Morgan fingerprint density at radius 2 is 1.93 bits per heavy atom. The molecule has 29 heavy (non-hydrogen) atoms. The van der Waals surface area contributed by atoms with Gasteiger partial charge in [-0.25, -0.2) is 19.6 Å². The van der Waals surface area contributed by atoms with Gasteiger partial charge >= 0.3 is 6.18 Å². The molecular formula is C16H16ClF3N8O. The zero-order chi connectivity index (χ0) is 20.8. The van der Waals surface area contributed by atoms with E-state index in [-0.39, 0.29) is 5.69 Å². The van der Waals surface area contributed by atoms with Gasteiger partial charge in [0.25, 0.3) is 0 Å². The molecule has 1 saturated heterocycles. The van der Waals surface area contributed by atoms with E-state index in [4.69, 9.17) is 11.6 Å². The molecule has 4 heterocycles. The molecule has 1 atom stereocenters. The number of aldehydes is 1. The quantitative estimate of drug-likeness (QED) is 0.635. The van der Waals surface area contributed by atoms with Crippen molar-refractivity contribution in [2.24, 2.45) is 0 Å². The van der Waals surface area contributed by atoms with Crippen LogP contribution in [0.1, 0.15) is 17.6 Å². The first-order valence-corrected chi connectivity index (χ1v) is 9.09. The summed E-state index contributed by atoms with van der Waals surface area (Å²) >= 11 is 5.82. The number of nitrogens with zero attached hydrogens (tertiary/aromatic N) is 7. The third-order valence-electron chi connectivity index (χ3n) is 4.91. The molecule has 0 radical (unpaired) electrons. The summed E-state index contributed by atoms with van der Waals surface area (Å²) in [6, 6.07) is 0. The second kappa shape index (κ2) is 7.26. The Morgan fingerprint density at radius 1 is 1.21 bits per heavy atom. The van der Waals surface area contributed by atoms with Crippen molar-refractivity contribution in [2.45, 2.75) is 19.3 Å². The molecule has 1 fully saturated rings. The number of hydrogen-bond acceptors (Lipinski definition) is 7. The van der Waals surface area contributed by atoms with Crippen LogP contribution < -0.4 is 4.90 Å². The van der Waals surface area contributed by atoms with Crippen LogP contribution >= 0.6 is 11.6 Å². The fourth-order valence-electron chi connectivity index (χ4n) is 3.43. The number of hydrogen-bond donors (Lipinski definition) is 1. The van der Waals surface area contributed by atoms with E-state index in [0.717, 1.165) is 4.68 Å². The van der Waals surface area contributed by atoms with Crippen molar-refractivity contribution in [1.82, 2.24) is 34.6 Å². The van der Waals surface area contributed by atoms with E-state index in [0.29, 0.717) is 49.4 Å². The minimum absolute atomic E-state index is 0.0912. The number of alkyl halides is 3. The Balaban J connectivity index is 1.55. The summed E-state index contributed by atoms with van der Waals surface area (Å²) in [5.74, 6) is 0.687. The third kappa shape index (κ3) is 3.42. The lowest BCUT2D eigenvalue weighted by molar-refractivity contribution is -0.142. The molecule has 0 aromatic carbocycles. The average molecular weight is 429 g/mol. The van der Waals surface area contributed by atoms with Crippen LogP contribution in [0.3, 0.4) is 0 Å². The van der Waals surface area contributed by atoms with Crippen molar-refractivity contribution in [3.05, 3.63) is 29.1 Å². The van der Waals surface area contributed by atoms with Gasteiger partial charge in [-0.3, -0.25) is 9.69 Å². The van der Waals surface area contributed by atoms with Crippen molar-refractivity contribution in [1.29, 1.82) is 0 Å². The number of nitrogens with one attached hydrogen (secondary N) is 1. The number of carbonyl (C=O) groups excluding carboxylic acids is 1. The van der Waals surface area contributed by atoms with Gasteiger partial charge in [0, 0.05) is 26.2 Å². The Kier molecular flexibility index (Phi) is 4.90. The Bertz CT molecular complexity index is 1040. The number of halogens is 4. The SMILES string of the molecule is Cc1c(Cl)c(C(F)(F)F)nn1C(C=O)N1CCN(c2ncnc3nc[nH]c23)CC1. The molecule has 3 aromatic heterocycles. The number of piperazine rings is 1. The van der Waals surface area contributed by atoms with E-state index in [1.807, 2.05) is 4.90 Å². The summed E-state index contributed by atoms with van der Waals surface area (Å²) in [5.41, 5.74) is 0.153. The minimum Gasteiger partial charge on any atom is -0.352 e. The number of anilines is 1. The van der Waals surface area contributed by atoms with Gasteiger partial charge in [0.2, 0.25) is 0 Å². The molecule has 1 N–H and O–H groups in total. The van der Waals surface area contributed by atoms with Gasteiger partial charge in [0.15, 0.2) is 29.6 Å². The van der Waals surface area contributed by atoms with E-state index in [1.165, 1.54) is 19.6 Å². The van der Waals surface area contributed by atoms with Crippen molar-refractivity contribution < 1.29 is 18.0 Å². The molecule has 4 rings (SSSR count). The molecule has 1 aliphatic heterocycles. The number of aromatic nitrogens is 6. The molecule has 0 spiro atoms. The normalized spacial score (nSPS) is 17.1. The molecule has 3 aromatic rings. The Labute approximate surface area is 167 Å². The van der Waals surface area contributed by atoms with Gasteiger partial charge in [-0.15, -0.1) is 0 Å². The maximum Gasteiger partial charge on any atom is 0.436 e. The molecule has 0 amide bonds. The molecular weight excluding hydrogens is 413 g/mol. The number of carbonyl (C=O) groups is 1. The van der Waals surface area contributed by atoms with Gasteiger partial charge in [0.1, 0.15) is 11.8 Å². The summed E-state index contributed by atoms with van der Waals surface area (Å²) in [4.78, 5) is 31.0. The summed E-state index contributed by atoms with van der Waals surface area (Å²) in [7, 11) is 0. The number of imidazole rings is 1. The predicted octanol–water partition coefficient (Wildman–Crippen LogP) is 2.05. The molecule has 9 nitrogen and oxygen atoms in total. The van der Waals surface area contributed by atoms with Crippen LogP contribution in [0.2, 0.25) is 5.02 Å². The second-order valence-electron chi connectivity index (χ2n) is 6.56. The molecule has 0 saturated carbocycles. The number of fused-ring (bicyclic) bond motifs is 1. The van der Waals surface area contributed by atoms with Crippen LogP contribution in [-0.4, -0.2) is 67.1 Å². The van der Waals surface area contributed by atoms with Crippen LogP contribution in [0.5, 0.6) is 0 Å². The third-order valence-corrected chi connectivity index (χ3v) is 5.36. The maximum atomic E-state index is 13.1. The minimum atomic E-state index is -4.69. The highest BCUT2D eigenvalue weighted by Gasteiger charge is 2.40. The second-order valence-corrected chi connectivity index (χ2v) is 6.94. The van der Waals surface area contributed by atoms with Gasteiger partial charge in [-0.1, -0.05) is 11.6 Å². The largest absolute Gasteiger partial charge is 0.436 e. The zero-order valence-corrected chi connectivity index (χ0v) is 15.9. The summed E-state index contributed by atoms with van der Waals surface area (Å²) in [6.07, 6.45) is -2.15. The lowest BCUT2D eigenvalue weighted by Gasteiger charge is -2.38. The van der Waals surface area contributed by atoms with E-state index >= 15 is 0 Å². The zero-order valence-electron chi connectivity index (χ0n) is 15.2. The van der Waals surface area contributed by atoms with Crippen molar-refractivity contribution in [3.63, 3.8) is 0 Å². The van der Waals surface area contributed by atoms with Gasteiger partial charge in [0.05, 0.1) is 17.0 Å². The maximum absolute atomic E-state index is 13.1. The molecule has 1 aliphatic rings. The highest BCUT2D eigenvalue weighted by atomic mass is 35.5. The fourth-order valence-corrected chi connectivity index (χ4v) is 3.66. The van der Waals surface area contributed by atoms with Crippen molar-refractivity contribution >= 4 is 34.9 Å². The monoisotopic (exact) mass is 428 g/mol. The summed E-state index contributed by atoms with van der Waals surface area (Å²) < 4.78 is 40.3. The topological polar surface area (TPSA) is 95.8 Å². The van der Waals surface area contributed by atoms with Crippen molar-refractivity contribution in [2.75, 3.05) is 31.1 Å². The molecule has 0 aliphatic carbocycles. The van der Waals surface area contributed by atoms with Gasteiger partial charge < -0.3 is 9.88 Å². The van der Waals surface area contributed by atoms with Crippen LogP contribution in [0, 0.1) is 6.92 Å². The fraction of sp³-hybridized carbons (Fsp3) is 0.438. The Morgan fingerprint density at radius 3 is 2.55 bits per heavy atom. The smallest absolute Gasteiger partial charge is 0.352 e. The average Bonchev–Trinajstić information content (AvgIpc) is 3.29. The summed E-state index contributed by atoms with van der Waals surface area (Å²) in [5, 5.41) is 3.08. The number of rotatable bonds is 4. The van der Waals surface area contributed by atoms with Crippen molar-refractivity contribution in [3.8, 4) is 0 Å². The van der Waals surface area contributed by atoms with E-state index < -0.39 is 23.1 Å². The lowest BCUT2D eigenvalue weighted by atomic mass is 10.2. The first kappa shape index (κ1) is 19.6. The standard InChI is InChI=1S/C16H16ClF3N8O/c1-9-11(17)13(16(18,19)20)25-28(9)10(6-29)26-2-4-27(5-3-26)15-12-14(22-7-21-12)23-8-24-15/h6-8,10H,2-5H2,1H3,(H,21,22,23,24). The predicted molar refractivity (Wildman–Crippen MR) is 97.5 cm³/mol. The lowest BCUT2D eigenvalue weighted by Crippen LogP contribution is -2.50. The molecule has 0 bridgehead atoms. The van der Waals surface area contributed by atoms with Crippen LogP contribution in [0.15, 0.2) is 12.7 Å². The van der Waals surface area contributed by atoms with Crippen LogP contribution in [-0.2, 0) is 11.0 Å². The van der Waals surface area contributed by atoms with Crippen LogP contribution in [0.25, 0.3) is 11.2 Å². The first-order valence-electron chi connectivity index (χ1n) is 8.71. The first-order chi connectivity index (χ1) is 13.8. The molecule has 1 unspecified atom stereocenters. The molecule has 154 valence electrons. The summed E-state index contributed by atoms with van der Waals surface area (Å²) in [6.45, 7) is 3.26. The van der Waals surface area contributed by atoms with Gasteiger partial charge in [-0.05, 0) is 6.92 Å². The number of H-pyrrole nitrogens is 1. The molecule has 13 heteroatoms. The highest BCUT2D eigenvalue weighted by molar-refractivity contribution is 6.32.